The van der Waals surface area contributed by atoms with Gasteiger partial charge in [-0.2, -0.15) is 0 Å². The van der Waals surface area contributed by atoms with Gasteiger partial charge in [-0.15, -0.1) is 0 Å². The SMILES string of the molecule is COCC(O)CONC(=O)c1ccc(F)c(F)c1Nc1ccc(C)cc1F. The van der Waals surface area contributed by atoms with Crippen LogP contribution in [0.5, 0.6) is 0 Å². The molecule has 1 unspecified atom stereocenters. The summed E-state index contributed by atoms with van der Waals surface area (Å²) in [6.07, 6.45) is -0.987. The molecule has 2 aromatic rings. The van der Waals surface area contributed by atoms with Crippen molar-refractivity contribution in [1.82, 2.24) is 5.48 Å². The second-order valence-corrected chi connectivity index (χ2v) is 5.74. The molecule has 1 atom stereocenters. The molecule has 9 heteroatoms. The van der Waals surface area contributed by atoms with Crippen LogP contribution < -0.4 is 10.8 Å². The topological polar surface area (TPSA) is 79.8 Å². The Balaban J connectivity index is 2.21. The lowest BCUT2D eigenvalue weighted by atomic mass is 10.1. The van der Waals surface area contributed by atoms with Gasteiger partial charge in [0.2, 0.25) is 0 Å². The average molecular weight is 384 g/mol. The molecular weight excluding hydrogens is 365 g/mol. The minimum absolute atomic E-state index is 0.0133. The normalized spacial score (nSPS) is 11.9. The van der Waals surface area contributed by atoms with E-state index < -0.39 is 35.2 Å². The number of halogens is 3. The van der Waals surface area contributed by atoms with Crippen LogP contribution in [0.2, 0.25) is 0 Å². The number of nitrogens with one attached hydrogen (secondary N) is 2. The number of carbonyl (C=O) groups is 1. The van der Waals surface area contributed by atoms with Crippen molar-refractivity contribution < 1.29 is 32.6 Å². The molecule has 0 aliphatic carbocycles. The predicted octanol–water partition coefficient (Wildman–Crippen LogP) is 2.82. The fourth-order valence-electron chi connectivity index (χ4n) is 2.22. The number of anilines is 2. The number of aliphatic hydroxyl groups excluding tert-OH is 1. The second-order valence-electron chi connectivity index (χ2n) is 5.74. The van der Waals surface area contributed by atoms with E-state index >= 15 is 0 Å². The fourth-order valence-corrected chi connectivity index (χ4v) is 2.22. The Labute approximate surface area is 153 Å². The van der Waals surface area contributed by atoms with Crippen LogP contribution in [0.25, 0.3) is 0 Å². The second kappa shape index (κ2) is 9.36. The Morgan fingerprint density at radius 1 is 1.15 bits per heavy atom. The molecule has 146 valence electrons. The third kappa shape index (κ3) is 5.43. The largest absolute Gasteiger partial charge is 0.388 e. The highest BCUT2D eigenvalue weighted by atomic mass is 19.2. The molecule has 0 heterocycles. The molecule has 27 heavy (non-hydrogen) atoms. The van der Waals surface area contributed by atoms with Crippen LogP contribution in [0.1, 0.15) is 15.9 Å². The molecule has 0 aliphatic heterocycles. The highest BCUT2D eigenvalue weighted by Gasteiger charge is 2.20. The standard InChI is InChI=1S/C18H19F3N2O4/c1-10-3-6-15(14(20)7-10)22-17-12(4-5-13(19)16(17)21)18(25)23-27-9-11(24)8-26-2/h3-7,11,22,24H,8-9H2,1-2H3,(H,23,25). The summed E-state index contributed by atoms with van der Waals surface area (Å²) < 4.78 is 46.6. The van der Waals surface area contributed by atoms with Gasteiger partial charge in [-0.05, 0) is 36.8 Å². The van der Waals surface area contributed by atoms with Gasteiger partial charge in [-0.25, -0.2) is 18.7 Å². The third-order valence-corrected chi connectivity index (χ3v) is 3.52. The van der Waals surface area contributed by atoms with Gasteiger partial charge in [0.25, 0.3) is 5.91 Å². The number of aryl methyl sites for hydroxylation is 1. The van der Waals surface area contributed by atoms with Gasteiger partial charge < -0.3 is 15.2 Å². The lowest BCUT2D eigenvalue weighted by Gasteiger charge is -2.15. The highest BCUT2D eigenvalue weighted by molar-refractivity contribution is 5.99. The minimum atomic E-state index is -1.35. The number of rotatable bonds is 8. The summed E-state index contributed by atoms with van der Waals surface area (Å²) in [6, 6.07) is 5.91. The van der Waals surface area contributed by atoms with Gasteiger partial charge in [0.1, 0.15) is 18.5 Å². The quantitative estimate of drug-likeness (QED) is 0.610. The average Bonchev–Trinajstić information content (AvgIpc) is 2.61. The summed E-state index contributed by atoms with van der Waals surface area (Å²) in [6.45, 7) is 1.38. The third-order valence-electron chi connectivity index (χ3n) is 3.52. The summed E-state index contributed by atoms with van der Waals surface area (Å²) in [4.78, 5) is 17.1. The number of ether oxygens (including phenoxy) is 1. The number of hydrogen-bond donors (Lipinski definition) is 3. The first-order valence-corrected chi connectivity index (χ1v) is 7.93. The highest BCUT2D eigenvalue weighted by Crippen LogP contribution is 2.28. The van der Waals surface area contributed by atoms with Crippen LogP contribution in [-0.4, -0.2) is 37.4 Å². The van der Waals surface area contributed by atoms with Gasteiger partial charge in [-0.3, -0.25) is 9.63 Å². The van der Waals surface area contributed by atoms with Crippen molar-refractivity contribution in [1.29, 1.82) is 0 Å². The number of hydrogen-bond acceptors (Lipinski definition) is 5. The Kier molecular flexibility index (Phi) is 7.17. The zero-order chi connectivity index (χ0) is 20.0. The zero-order valence-electron chi connectivity index (χ0n) is 14.7. The van der Waals surface area contributed by atoms with Crippen molar-refractivity contribution in [2.24, 2.45) is 0 Å². The number of hydroxylamine groups is 1. The number of amides is 1. The maximum atomic E-state index is 14.2. The number of carbonyl (C=O) groups excluding carboxylic acids is 1. The lowest BCUT2D eigenvalue weighted by molar-refractivity contribution is -0.0365. The molecule has 0 saturated heterocycles. The molecule has 0 spiro atoms. The van der Waals surface area contributed by atoms with Crippen LogP contribution in [0.3, 0.4) is 0 Å². The molecule has 2 rings (SSSR count). The zero-order valence-corrected chi connectivity index (χ0v) is 14.7. The van der Waals surface area contributed by atoms with Crippen molar-refractivity contribution in [2.45, 2.75) is 13.0 Å². The molecule has 6 nitrogen and oxygen atoms in total. The van der Waals surface area contributed by atoms with E-state index in [4.69, 9.17) is 9.57 Å². The summed E-state index contributed by atoms with van der Waals surface area (Å²) in [7, 11) is 1.38. The summed E-state index contributed by atoms with van der Waals surface area (Å²) in [5, 5.41) is 11.9. The first-order chi connectivity index (χ1) is 12.8. The van der Waals surface area contributed by atoms with E-state index in [-0.39, 0.29) is 24.5 Å². The molecule has 1 amide bonds. The molecule has 2 aromatic carbocycles. The van der Waals surface area contributed by atoms with Crippen LogP contribution in [0.15, 0.2) is 30.3 Å². The maximum Gasteiger partial charge on any atom is 0.277 e. The Morgan fingerprint density at radius 2 is 1.89 bits per heavy atom. The van der Waals surface area contributed by atoms with Gasteiger partial charge >= 0.3 is 0 Å². The maximum absolute atomic E-state index is 14.2. The smallest absolute Gasteiger partial charge is 0.277 e. The Hall–Kier alpha value is -2.62. The molecule has 0 radical (unpaired) electrons. The molecule has 0 aromatic heterocycles. The summed E-state index contributed by atoms with van der Waals surface area (Å²) in [5.41, 5.74) is 1.66. The summed E-state index contributed by atoms with van der Waals surface area (Å²) in [5.74, 6) is -4.16. The molecule has 0 saturated carbocycles. The predicted molar refractivity (Wildman–Crippen MR) is 92.1 cm³/mol. The first kappa shape index (κ1) is 20.7. The number of aliphatic hydroxyl groups is 1. The van der Waals surface area contributed by atoms with E-state index in [1.165, 1.54) is 19.2 Å². The molecule has 0 aliphatic rings. The Bertz CT molecular complexity index is 817. The molecule has 0 bridgehead atoms. The van der Waals surface area contributed by atoms with Gasteiger partial charge in [0.05, 0.1) is 23.5 Å². The Morgan fingerprint density at radius 3 is 2.56 bits per heavy atom. The first-order valence-electron chi connectivity index (χ1n) is 7.93. The minimum Gasteiger partial charge on any atom is -0.388 e. The van der Waals surface area contributed by atoms with Crippen LogP contribution in [-0.2, 0) is 9.57 Å². The van der Waals surface area contributed by atoms with Crippen molar-refractivity contribution in [2.75, 3.05) is 25.6 Å². The number of benzene rings is 2. The van der Waals surface area contributed by atoms with E-state index in [2.05, 4.69) is 5.32 Å². The molecule has 0 fully saturated rings. The van der Waals surface area contributed by atoms with E-state index in [1.807, 2.05) is 5.48 Å². The van der Waals surface area contributed by atoms with Crippen molar-refractivity contribution in [3.63, 3.8) is 0 Å². The van der Waals surface area contributed by atoms with Gasteiger partial charge in [0, 0.05) is 7.11 Å². The van der Waals surface area contributed by atoms with Crippen LogP contribution >= 0.6 is 0 Å². The van der Waals surface area contributed by atoms with E-state index in [9.17, 15) is 23.1 Å². The van der Waals surface area contributed by atoms with Gasteiger partial charge in [-0.1, -0.05) is 6.07 Å². The van der Waals surface area contributed by atoms with Crippen LogP contribution in [0, 0.1) is 24.4 Å². The van der Waals surface area contributed by atoms with E-state index in [0.717, 1.165) is 12.1 Å². The van der Waals surface area contributed by atoms with Crippen LogP contribution in [0.4, 0.5) is 24.5 Å². The number of methoxy groups -OCH3 is 1. The summed E-state index contributed by atoms with van der Waals surface area (Å²) >= 11 is 0. The van der Waals surface area contributed by atoms with E-state index in [0.29, 0.717) is 5.56 Å². The van der Waals surface area contributed by atoms with Gasteiger partial charge in [0.15, 0.2) is 11.6 Å². The fraction of sp³-hybridized carbons (Fsp3) is 0.278. The lowest BCUT2D eigenvalue weighted by Crippen LogP contribution is -2.30. The monoisotopic (exact) mass is 384 g/mol. The van der Waals surface area contributed by atoms with Crippen molar-refractivity contribution in [3.8, 4) is 0 Å². The van der Waals surface area contributed by atoms with Crippen molar-refractivity contribution >= 4 is 17.3 Å². The molecule has 3 N–H and O–H groups in total. The van der Waals surface area contributed by atoms with E-state index in [1.54, 1.807) is 13.0 Å². The molecular formula is C18H19F3N2O4. The van der Waals surface area contributed by atoms with Crippen molar-refractivity contribution in [3.05, 3.63) is 58.9 Å².